The highest BCUT2D eigenvalue weighted by molar-refractivity contribution is 5.93. The highest BCUT2D eigenvalue weighted by atomic mass is 16.2. The molecule has 1 saturated heterocycles. The Morgan fingerprint density at radius 3 is 2.70 bits per heavy atom. The molecule has 0 unspecified atom stereocenters. The fraction of sp³-hybridized carbons (Fsp3) is 0.400. The number of nitrogens with zero attached hydrogens (tertiary/aromatic N) is 3. The number of likely N-dealkylation sites (tertiary alicyclic amines) is 1. The van der Waals surface area contributed by atoms with Gasteiger partial charge in [-0.1, -0.05) is 30.3 Å². The molecule has 0 bridgehead atoms. The maximum atomic E-state index is 12.5. The number of carbonyl (C=O) groups excluding carboxylic acids is 2. The third-order valence-electron chi connectivity index (χ3n) is 5.54. The second-order valence-electron chi connectivity index (χ2n) is 7.54. The molecular formula is C20H22N4O3. The lowest BCUT2D eigenvalue weighted by Gasteiger charge is -2.22. The van der Waals surface area contributed by atoms with Crippen molar-refractivity contribution in [2.24, 2.45) is 5.41 Å². The van der Waals surface area contributed by atoms with Crippen molar-refractivity contribution in [2.45, 2.75) is 32.9 Å². The topological polar surface area (TPSA) is 84.3 Å². The van der Waals surface area contributed by atoms with Crippen molar-refractivity contribution in [3.63, 3.8) is 0 Å². The van der Waals surface area contributed by atoms with Gasteiger partial charge < -0.3 is 14.8 Å². The average molecular weight is 366 g/mol. The zero-order valence-electron chi connectivity index (χ0n) is 15.3. The van der Waals surface area contributed by atoms with Crippen LogP contribution in [0.3, 0.4) is 0 Å². The summed E-state index contributed by atoms with van der Waals surface area (Å²) in [5, 5.41) is 2.79. The molecule has 2 aliphatic heterocycles. The smallest absolute Gasteiger partial charge is 0.285 e. The predicted octanol–water partition coefficient (Wildman–Crippen LogP) is 0.968. The molecule has 140 valence electrons. The quantitative estimate of drug-likeness (QED) is 0.877. The Morgan fingerprint density at radius 1 is 1.22 bits per heavy atom. The zero-order valence-corrected chi connectivity index (χ0v) is 15.3. The van der Waals surface area contributed by atoms with E-state index in [9.17, 15) is 14.4 Å². The zero-order chi connectivity index (χ0) is 19.0. The molecule has 1 N–H and O–H groups in total. The van der Waals surface area contributed by atoms with Crippen LogP contribution in [0, 0.1) is 5.41 Å². The molecule has 0 saturated carbocycles. The Hall–Kier alpha value is -2.96. The van der Waals surface area contributed by atoms with E-state index in [1.54, 1.807) is 13.1 Å². The summed E-state index contributed by atoms with van der Waals surface area (Å²) in [5.74, 6) is 0.362. The Labute approximate surface area is 157 Å². The van der Waals surface area contributed by atoms with E-state index in [2.05, 4.69) is 10.3 Å². The van der Waals surface area contributed by atoms with E-state index in [-0.39, 0.29) is 16.9 Å². The van der Waals surface area contributed by atoms with Crippen LogP contribution in [0.25, 0.3) is 0 Å². The number of aromatic nitrogens is 2. The van der Waals surface area contributed by atoms with E-state index in [0.717, 1.165) is 18.5 Å². The highest BCUT2D eigenvalue weighted by Gasteiger charge is 2.44. The van der Waals surface area contributed by atoms with Gasteiger partial charge in [-0.2, -0.15) is 4.98 Å². The van der Waals surface area contributed by atoms with Crippen LogP contribution in [0.2, 0.25) is 0 Å². The van der Waals surface area contributed by atoms with Crippen LogP contribution in [0.4, 0.5) is 0 Å². The largest absolute Gasteiger partial charge is 0.348 e. The molecule has 0 radical (unpaired) electrons. The van der Waals surface area contributed by atoms with Crippen LogP contribution in [0.15, 0.2) is 41.3 Å². The van der Waals surface area contributed by atoms with Crippen LogP contribution in [-0.2, 0) is 24.3 Å². The van der Waals surface area contributed by atoms with E-state index in [1.807, 2.05) is 39.8 Å². The van der Waals surface area contributed by atoms with Gasteiger partial charge in [0, 0.05) is 51.1 Å². The molecule has 1 fully saturated rings. The van der Waals surface area contributed by atoms with Gasteiger partial charge in [-0.05, 0) is 12.0 Å². The van der Waals surface area contributed by atoms with Crippen molar-refractivity contribution in [2.75, 3.05) is 13.1 Å². The summed E-state index contributed by atoms with van der Waals surface area (Å²) in [6, 6.07) is 9.54. The number of rotatable bonds is 3. The summed E-state index contributed by atoms with van der Waals surface area (Å²) in [4.78, 5) is 42.5. The molecule has 2 amide bonds. The maximum absolute atomic E-state index is 12.5. The lowest BCUT2D eigenvalue weighted by Crippen LogP contribution is -2.31. The lowest BCUT2D eigenvalue weighted by molar-refractivity contribution is -0.128. The van der Waals surface area contributed by atoms with Crippen molar-refractivity contribution in [3.05, 3.63) is 63.8 Å². The van der Waals surface area contributed by atoms with Crippen molar-refractivity contribution in [1.82, 2.24) is 19.8 Å². The van der Waals surface area contributed by atoms with Crippen LogP contribution < -0.4 is 10.9 Å². The summed E-state index contributed by atoms with van der Waals surface area (Å²) < 4.78 is 1.91. The second kappa shape index (κ2) is 6.64. The van der Waals surface area contributed by atoms with Gasteiger partial charge in [0.25, 0.3) is 11.5 Å². The maximum Gasteiger partial charge on any atom is 0.285 e. The minimum atomic E-state index is -0.495. The monoisotopic (exact) mass is 366 g/mol. The normalized spacial score (nSPS) is 20.7. The number of nitrogens with one attached hydrogen (secondary N) is 1. The third kappa shape index (κ3) is 3.37. The van der Waals surface area contributed by atoms with E-state index in [4.69, 9.17) is 0 Å². The van der Waals surface area contributed by atoms with Gasteiger partial charge >= 0.3 is 0 Å². The summed E-state index contributed by atoms with van der Waals surface area (Å²) in [6.07, 6.45) is 3.17. The molecule has 7 heteroatoms. The second-order valence-corrected chi connectivity index (χ2v) is 7.54. The molecule has 1 atom stereocenters. The van der Waals surface area contributed by atoms with Gasteiger partial charge in [0.1, 0.15) is 11.4 Å². The Bertz CT molecular complexity index is 953. The fourth-order valence-electron chi connectivity index (χ4n) is 4.06. The van der Waals surface area contributed by atoms with E-state index < -0.39 is 11.5 Å². The molecule has 2 aliphatic rings. The first-order valence-electron chi connectivity index (χ1n) is 9.14. The third-order valence-corrected chi connectivity index (χ3v) is 5.54. The molecule has 7 nitrogen and oxygen atoms in total. The molecular weight excluding hydrogens is 344 g/mol. The number of amides is 2. The standard InChI is InChI=1S/C20H22N4O3/c1-14(25)23-8-7-20(12-23)9-17-22-19(27)16(11-24(17)13-20)18(26)21-10-15-5-3-2-4-6-15/h2-6,11H,7-10,12-13H2,1H3,(H,21,26)/t20-/m1/s1. The Kier molecular flexibility index (Phi) is 4.30. The van der Waals surface area contributed by atoms with Crippen molar-refractivity contribution >= 4 is 11.8 Å². The molecule has 0 aliphatic carbocycles. The highest BCUT2D eigenvalue weighted by Crippen LogP contribution is 2.39. The molecule has 1 spiro atoms. The summed E-state index contributed by atoms with van der Waals surface area (Å²) in [7, 11) is 0. The van der Waals surface area contributed by atoms with Crippen LogP contribution in [0.1, 0.15) is 35.1 Å². The minimum absolute atomic E-state index is 0.0631. The predicted molar refractivity (Wildman–Crippen MR) is 99.1 cm³/mol. The molecule has 3 heterocycles. The first kappa shape index (κ1) is 17.5. The van der Waals surface area contributed by atoms with Gasteiger partial charge in [-0.3, -0.25) is 14.4 Å². The van der Waals surface area contributed by atoms with Crippen molar-refractivity contribution in [1.29, 1.82) is 0 Å². The number of benzene rings is 1. The molecule has 1 aromatic carbocycles. The van der Waals surface area contributed by atoms with Gasteiger partial charge in [0.2, 0.25) is 5.91 Å². The van der Waals surface area contributed by atoms with E-state index in [0.29, 0.717) is 31.9 Å². The molecule has 27 heavy (non-hydrogen) atoms. The first-order valence-corrected chi connectivity index (χ1v) is 9.14. The minimum Gasteiger partial charge on any atom is -0.348 e. The van der Waals surface area contributed by atoms with Crippen molar-refractivity contribution < 1.29 is 9.59 Å². The first-order chi connectivity index (χ1) is 13.0. The van der Waals surface area contributed by atoms with Gasteiger partial charge in [0.05, 0.1) is 0 Å². The van der Waals surface area contributed by atoms with Crippen molar-refractivity contribution in [3.8, 4) is 0 Å². The summed E-state index contributed by atoms with van der Waals surface area (Å²) in [6.45, 7) is 4.03. The number of hydrogen-bond donors (Lipinski definition) is 1. The van der Waals surface area contributed by atoms with Gasteiger partial charge in [-0.15, -0.1) is 0 Å². The molecule has 1 aromatic heterocycles. The van der Waals surface area contributed by atoms with Crippen LogP contribution in [0.5, 0.6) is 0 Å². The van der Waals surface area contributed by atoms with Crippen LogP contribution in [-0.4, -0.2) is 39.4 Å². The number of hydrogen-bond acceptors (Lipinski definition) is 4. The summed E-state index contributed by atoms with van der Waals surface area (Å²) >= 11 is 0. The average Bonchev–Trinajstić information content (AvgIpc) is 3.22. The van der Waals surface area contributed by atoms with E-state index in [1.165, 1.54) is 0 Å². The number of carbonyl (C=O) groups is 2. The van der Waals surface area contributed by atoms with Gasteiger partial charge in [-0.25, -0.2) is 0 Å². The van der Waals surface area contributed by atoms with E-state index >= 15 is 0 Å². The molecule has 4 rings (SSSR count). The van der Waals surface area contributed by atoms with Crippen LogP contribution >= 0.6 is 0 Å². The van der Waals surface area contributed by atoms with Gasteiger partial charge in [0.15, 0.2) is 0 Å². The Balaban J connectivity index is 1.50. The SMILES string of the molecule is CC(=O)N1CC[C@@]2(Cc3nc(=O)c(C(=O)NCc4ccccc4)cn3C2)C1. The Morgan fingerprint density at radius 2 is 2.00 bits per heavy atom. The number of fused-ring (bicyclic) bond motifs is 1. The lowest BCUT2D eigenvalue weighted by atomic mass is 9.86. The summed E-state index contributed by atoms with van der Waals surface area (Å²) in [5.41, 5.74) is 0.463. The molecule has 2 aromatic rings. The fourth-order valence-corrected chi connectivity index (χ4v) is 4.06.